The number of phenols is 1. The molecule has 0 aromatic heterocycles. The summed E-state index contributed by atoms with van der Waals surface area (Å²) in [4.78, 5) is 27.8. The van der Waals surface area contributed by atoms with E-state index in [1.165, 1.54) is 23.9 Å². The number of halogens is 1. The van der Waals surface area contributed by atoms with Crippen molar-refractivity contribution in [1.82, 2.24) is 19.3 Å². The Morgan fingerprint density at radius 3 is 2.65 bits per heavy atom. The number of fused-ring (bicyclic) bond motifs is 1. The van der Waals surface area contributed by atoms with Crippen LogP contribution in [0.3, 0.4) is 0 Å². The van der Waals surface area contributed by atoms with Crippen molar-refractivity contribution in [2.24, 2.45) is 7.05 Å². The molecule has 0 saturated heterocycles. The first-order valence-electron chi connectivity index (χ1n) is 6.90. The molecule has 0 saturated carbocycles. The van der Waals surface area contributed by atoms with Gasteiger partial charge in [-0.15, -0.1) is 0 Å². The molecule has 2 aliphatic rings. The average molecular weight is 316 g/mol. The summed E-state index contributed by atoms with van der Waals surface area (Å²) in [6, 6.07) is 4.86. The topological polar surface area (TPSA) is 90.0 Å². The van der Waals surface area contributed by atoms with Gasteiger partial charge in [0.15, 0.2) is 5.82 Å². The molecule has 0 unspecified atom stereocenters. The summed E-state index contributed by atoms with van der Waals surface area (Å²) in [5, 5.41) is 14.2. The highest BCUT2D eigenvalue weighted by Crippen LogP contribution is 2.30. The van der Waals surface area contributed by atoms with E-state index in [2.05, 4.69) is 10.1 Å². The lowest BCUT2D eigenvalue weighted by molar-refractivity contribution is 0.474. The molecule has 0 radical (unpaired) electrons. The molecule has 1 aromatic carbocycles. The molecule has 0 spiro atoms. The second-order valence-corrected chi connectivity index (χ2v) is 5.00. The molecule has 0 aliphatic carbocycles. The van der Waals surface area contributed by atoms with Gasteiger partial charge in [-0.3, -0.25) is 9.36 Å². The summed E-state index contributed by atoms with van der Waals surface area (Å²) < 4.78 is 15.7. The number of aromatic hydroxyl groups is 1. The van der Waals surface area contributed by atoms with E-state index >= 15 is 0 Å². The number of phenolic OH excluding ortho intramolecular Hbond substituents is 1. The fourth-order valence-corrected chi connectivity index (χ4v) is 2.32. The molecule has 2 aliphatic heterocycles. The number of aryl methyl sites for hydroxylation is 1. The predicted molar refractivity (Wildman–Crippen MR) is 80.9 cm³/mol. The van der Waals surface area contributed by atoms with Crippen molar-refractivity contribution in [3.8, 4) is 28.4 Å². The second-order valence-electron chi connectivity index (χ2n) is 5.00. The van der Waals surface area contributed by atoms with Crippen LogP contribution in [0.1, 0.15) is 6.92 Å². The molecule has 0 atom stereocenters. The lowest BCUT2D eigenvalue weighted by atomic mass is 10.1. The third-order valence-electron chi connectivity index (χ3n) is 3.55. The minimum absolute atomic E-state index is 0.153. The van der Waals surface area contributed by atoms with E-state index in [1.807, 2.05) is 0 Å². The van der Waals surface area contributed by atoms with Crippen LogP contribution in [0.5, 0.6) is 5.75 Å². The first-order valence-corrected chi connectivity index (χ1v) is 6.90. The van der Waals surface area contributed by atoms with E-state index in [4.69, 9.17) is 0 Å². The van der Waals surface area contributed by atoms with Gasteiger partial charge in [0.1, 0.15) is 11.6 Å². The van der Waals surface area contributed by atoms with Crippen LogP contribution >= 0.6 is 0 Å². The summed E-state index contributed by atoms with van der Waals surface area (Å²) in [6.45, 7) is 2.12. The molecular formula is C15H13FN4O3. The van der Waals surface area contributed by atoms with Crippen molar-refractivity contribution in [3.05, 3.63) is 50.9 Å². The molecule has 1 aromatic rings. The quantitative estimate of drug-likeness (QED) is 0.761. The van der Waals surface area contributed by atoms with Crippen LogP contribution in [0.15, 0.2) is 33.9 Å². The van der Waals surface area contributed by atoms with Gasteiger partial charge in [0.05, 0.1) is 11.3 Å². The third-order valence-corrected chi connectivity index (χ3v) is 3.55. The predicted octanol–water partition coefficient (Wildman–Crippen LogP) is 0.973. The number of hydrogen-bond acceptors (Lipinski definition) is 5. The smallest absolute Gasteiger partial charge is 0.352 e. The second kappa shape index (κ2) is 5.31. The number of benzene rings is 1. The Labute approximate surface area is 129 Å². The summed E-state index contributed by atoms with van der Waals surface area (Å²) in [7, 11) is 1.33. The Morgan fingerprint density at radius 2 is 1.96 bits per heavy atom. The molecule has 1 N–H and O–H groups in total. The van der Waals surface area contributed by atoms with Crippen LogP contribution in [0, 0.1) is 5.82 Å². The van der Waals surface area contributed by atoms with E-state index < -0.39 is 17.1 Å². The first-order chi connectivity index (χ1) is 10.9. The molecule has 0 amide bonds. The third kappa shape index (κ3) is 2.37. The highest BCUT2D eigenvalue weighted by molar-refractivity contribution is 5.71. The molecule has 2 heterocycles. The maximum atomic E-state index is 13.5. The molecule has 0 bridgehead atoms. The molecule has 8 heteroatoms. The SMILES string of the molecule is CCn1nc(-c2cc(F)ccc2O)cc2c(=O)n(C)c(=O)nc1-2. The van der Waals surface area contributed by atoms with Crippen LogP contribution < -0.4 is 11.2 Å². The molecular weight excluding hydrogens is 303 g/mol. The molecule has 118 valence electrons. The van der Waals surface area contributed by atoms with Crippen molar-refractivity contribution in [3.63, 3.8) is 0 Å². The van der Waals surface area contributed by atoms with Crippen LogP contribution in [0.2, 0.25) is 0 Å². The number of aromatic nitrogens is 4. The zero-order valence-corrected chi connectivity index (χ0v) is 12.4. The molecule has 3 rings (SSSR count). The zero-order chi connectivity index (χ0) is 16.7. The van der Waals surface area contributed by atoms with Crippen molar-refractivity contribution in [2.45, 2.75) is 13.5 Å². The number of nitrogens with zero attached hydrogens (tertiary/aromatic N) is 4. The number of rotatable bonds is 2. The highest BCUT2D eigenvalue weighted by Gasteiger charge is 2.19. The van der Waals surface area contributed by atoms with E-state index in [1.54, 1.807) is 6.92 Å². The van der Waals surface area contributed by atoms with Crippen molar-refractivity contribution >= 4 is 0 Å². The van der Waals surface area contributed by atoms with Gasteiger partial charge in [-0.25, -0.2) is 13.9 Å². The Bertz CT molecular complexity index is 993. The minimum Gasteiger partial charge on any atom is -0.507 e. The fourth-order valence-electron chi connectivity index (χ4n) is 2.32. The van der Waals surface area contributed by atoms with Gasteiger partial charge in [0, 0.05) is 19.2 Å². The van der Waals surface area contributed by atoms with Crippen molar-refractivity contribution in [1.29, 1.82) is 0 Å². The average Bonchev–Trinajstić information content (AvgIpc) is 2.54. The van der Waals surface area contributed by atoms with Crippen LogP contribution in [-0.4, -0.2) is 24.4 Å². The van der Waals surface area contributed by atoms with Crippen LogP contribution in [0.4, 0.5) is 4.39 Å². The van der Waals surface area contributed by atoms with E-state index in [0.29, 0.717) is 6.54 Å². The van der Waals surface area contributed by atoms with Crippen molar-refractivity contribution < 1.29 is 9.50 Å². The lowest BCUT2D eigenvalue weighted by Crippen LogP contribution is -2.36. The first kappa shape index (κ1) is 14.9. The highest BCUT2D eigenvalue weighted by atomic mass is 19.1. The Hall–Kier alpha value is -3.03. The Kier molecular flexibility index (Phi) is 3.44. The maximum absolute atomic E-state index is 13.5. The normalized spacial score (nSPS) is 11.1. The minimum atomic E-state index is -0.673. The van der Waals surface area contributed by atoms with Gasteiger partial charge in [-0.1, -0.05) is 0 Å². The number of hydrogen-bond donors (Lipinski definition) is 1. The Balaban J connectivity index is 2.41. The Morgan fingerprint density at radius 1 is 1.22 bits per heavy atom. The van der Waals surface area contributed by atoms with Crippen LogP contribution in [-0.2, 0) is 13.6 Å². The monoisotopic (exact) mass is 316 g/mol. The van der Waals surface area contributed by atoms with Crippen molar-refractivity contribution in [2.75, 3.05) is 0 Å². The van der Waals surface area contributed by atoms with Gasteiger partial charge in [0.25, 0.3) is 5.56 Å². The van der Waals surface area contributed by atoms with E-state index in [-0.39, 0.29) is 28.4 Å². The van der Waals surface area contributed by atoms with Gasteiger partial charge >= 0.3 is 5.69 Å². The van der Waals surface area contributed by atoms with Gasteiger partial charge in [-0.2, -0.15) is 10.1 Å². The fraction of sp³-hybridized carbons (Fsp3) is 0.200. The van der Waals surface area contributed by atoms with Gasteiger partial charge in [-0.05, 0) is 31.2 Å². The summed E-state index contributed by atoms with van der Waals surface area (Å²) in [5.74, 6) is -0.546. The van der Waals surface area contributed by atoms with Crippen LogP contribution in [0.25, 0.3) is 22.6 Å². The zero-order valence-electron chi connectivity index (χ0n) is 12.4. The van der Waals surface area contributed by atoms with Gasteiger partial charge < -0.3 is 5.11 Å². The summed E-state index contributed by atoms with van der Waals surface area (Å²) in [6.07, 6.45) is 0. The molecule has 23 heavy (non-hydrogen) atoms. The molecule has 0 fully saturated rings. The summed E-state index contributed by atoms with van der Waals surface area (Å²) in [5.41, 5.74) is -0.659. The lowest BCUT2D eigenvalue weighted by Gasteiger charge is -2.14. The maximum Gasteiger partial charge on any atom is 0.352 e. The largest absolute Gasteiger partial charge is 0.507 e. The van der Waals surface area contributed by atoms with Gasteiger partial charge in [0.2, 0.25) is 0 Å². The standard InChI is InChI=1S/C15H13FN4O3/c1-3-20-13-10(14(22)19(2)15(23)17-13)7-11(18-20)9-6-8(16)4-5-12(9)21/h4-7,21H,3H2,1-2H3. The summed E-state index contributed by atoms with van der Waals surface area (Å²) >= 11 is 0. The van der Waals surface area contributed by atoms with E-state index in [9.17, 15) is 19.1 Å². The van der Waals surface area contributed by atoms with E-state index in [0.717, 1.165) is 16.7 Å². The molecule has 7 nitrogen and oxygen atoms in total.